The largest absolute Gasteiger partial charge is 0.317 e. The van der Waals surface area contributed by atoms with Crippen molar-refractivity contribution in [2.24, 2.45) is 0 Å². The molecule has 0 bridgehead atoms. The van der Waals surface area contributed by atoms with Gasteiger partial charge >= 0.3 is 11.6 Å². The van der Waals surface area contributed by atoms with Crippen molar-refractivity contribution in [3.05, 3.63) is 0 Å². The maximum Gasteiger partial charge on any atom is 0.317 e. The van der Waals surface area contributed by atoms with E-state index in [0.717, 1.165) is 0 Å². The molecular weight excluding hydrogens is 152 g/mol. The Balaban J connectivity index is 3.64. The third-order valence-corrected chi connectivity index (χ3v) is 0.526. The third kappa shape index (κ3) is 3.77. The Labute approximate surface area is 54.7 Å². The molecule has 0 aliphatic rings. The maximum absolute atomic E-state index is 11.2. The van der Waals surface area contributed by atoms with Gasteiger partial charge in [0.05, 0.1) is 0 Å². The van der Waals surface area contributed by atoms with E-state index < -0.39 is 17.5 Å². The lowest BCUT2D eigenvalue weighted by molar-refractivity contribution is -0.130. The minimum atomic E-state index is -3.18. The molecule has 1 radical (unpaired) electrons. The molecule has 9 heavy (non-hydrogen) atoms. The van der Waals surface area contributed by atoms with E-state index in [9.17, 15) is 18.7 Å². The number of carbonyl (C=O) groups excluding carboxylic acids is 1. The average molecular weight is 154 g/mol. The number of hydrogen-bond acceptors (Lipinski definition) is 2. The molecule has 0 fully saturated rings. The molecule has 0 aliphatic carbocycles. The van der Waals surface area contributed by atoms with Crippen molar-refractivity contribution in [1.82, 2.24) is 5.32 Å². The average Bonchev–Trinajstić information content (AvgIpc) is 1.63. The highest BCUT2D eigenvalue weighted by Gasteiger charge is 2.15. The van der Waals surface area contributed by atoms with Crippen molar-refractivity contribution < 1.29 is 18.7 Å². The molecule has 51 valence electrons. The Kier molecular flexibility index (Phi) is 3.00. The first-order chi connectivity index (χ1) is 4.04. The van der Waals surface area contributed by atoms with Gasteiger partial charge in [0, 0.05) is 0 Å². The Morgan fingerprint density at radius 3 is 2.11 bits per heavy atom. The molecule has 6 heteroatoms. The molecule has 0 aromatic rings. The quantitative estimate of drug-likeness (QED) is 0.544. The number of alkyl halides is 2. The highest BCUT2D eigenvalue weighted by Crippen LogP contribution is 1.89. The zero-order chi connectivity index (χ0) is 7.44. The predicted octanol–water partition coefficient (Wildman–Crippen LogP) is 0.0831. The zero-order valence-corrected chi connectivity index (χ0v) is 4.87. The molecule has 0 spiro atoms. The Morgan fingerprint density at radius 2 is 2.00 bits per heavy atom. The molecule has 1 amide bonds. The number of thiocarbonyl (C=S) groups is 1. The van der Waals surface area contributed by atoms with Crippen LogP contribution in [-0.4, -0.2) is 17.5 Å². The monoisotopic (exact) mass is 154 g/mol. The first-order valence-corrected chi connectivity index (χ1v) is 2.25. The van der Waals surface area contributed by atoms with Gasteiger partial charge in [0.15, 0.2) is 0 Å². The van der Waals surface area contributed by atoms with Gasteiger partial charge in [-0.15, -0.1) is 0 Å². The SMILES string of the molecule is [O]C(=S)NC(=O)C(F)F. The molecule has 3 nitrogen and oxygen atoms in total. The van der Waals surface area contributed by atoms with E-state index >= 15 is 0 Å². The van der Waals surface area contributed by atoms with Gasteiger partial charge in [-0.1, -0.05) is 0 Å². The molecule has 0 aliphatic heterocycles. The fourth-order valence-corrected chi connectivity index (χ4v) is 0.256. The number of hydrogen-bond donors (Lipinski definition) is 1. The van der Waals surface area contributed by atoms with E-state index in [1.165, 1.54) is 5.32 Å². The van der Waals surface area contributed by atoms with Crippen molar-refractivity contribution in [2.45, 2.75) is 6.43 Å². The van der Waals surface area contributed by atoms with E-state index in [2.05, 4.69) is 12.2 Å². The summed E-state index contributed by atoms with van der Waals surface area (Å²) in [6.07, 6.45) is -3.18. The van der Waals surface area contributed by atoms with Crippen LogP contribution in [-0.2, 0) is 9.90 Å². The van der Waals surface area contributed by atoms with E-state index in [4.69, 9.17) is 0 Å². The van der Waals surface area contributed by atoms with Gasteiger partial charge in [-0.05, 0) is 12.2 Å². The second kappa shape index (κ2) is 3.29. The lowest BCUT2D eigenvalue weighted by Gasteiger charge is -1.94. The van der Waals surface area contributed by atoms with Crippen LogP contribution in [0.4, 0.5) is 8.78 Å². The van der Waals surface area contributed by atoms with Gasteiger partial charge < -0.3 is 0 Å². The van der Waals surface area contributed by atoms with E-state index in [0.29, 0.717) is 0 Å². The highest BCUT2D eigenvalue weighted by atomic mass is 32.1. The molecule has 0 heterocycles. The summed E-state index contributed by atoms with van der Waals surface area (Å²) in [5.41, 5.74) is 0. The van der Waals surface area contributed by atoms with Crippen molar-refractivity contribution in [1.29, 1.82) is 0 Å². The van der Waals surface area contributed by atoms with Gasteiger partial charge in [-0.25, -0.2) is 0 Å². The van der Waals surface area contributed by atoms with Gasteiger partial charge in [-0.3, -0.25) is 15.2 Å². The summed E-state index contributed by atoms with van der Waals surface area (Å²) in [5, 5.41) is 9.74. The lowest BCUT2D eigenvalue weighted by atomic mass is 10.6. The lowest BCUT2D eigenvalue weighted by Crippen LogP contribution is -2.32. The minimum absolute atomic E-state index is 1.19. The fourth-order valence-electron chi connectivity index (χ4n) is 0.155. The maximum atomic E-state index is 11.2. The van der Waals surface area contributed by atoms with Crippen LogP contribution in [0.25, 0.3) is 0 Å². The van der Waals surface area contributed by atoms with Crippen LogP contribution in [0.5, 0.6) is 0 Å². The molecule has 1 N–H and O–H groups in total. The molecule has 0 aromatic heterocycles. The van der Waals surface area contributed by atoms with Crippen LogP contribution in [0.2, 0.25) is 0 Å². The van der Waals surface area contributed by atoms with Crippen LogP contribution in [0, 0.1) is 0 Å². The number of amides is 1. The minimum Gasteiger partial charge on any atom is -0.278 e. The zero-order valence-electron chi connectivity index (χ0n) is 4.06. The summed E-state index contributed by atoms with van der Waals surface area (Å²) in [5.74, 6) is -1.66. The first-order valence-electron chi connectivity index (χ1n) is 1.84. The van der Waals surface area contributed by atoms with Crippen molar-refractivity contribution in [3.8, 4) is 0 Å². The second-order valence-electron chi connectivity index (χ2n) is 1.08. The molecule has 0 rings (SSSR count). The first kappa shape index (κ1) is 8.22. The summed E-state index contributed by atoms with van der Waals surface area (Å²) < 4.78 is 22.4. The molecule has 0 unspecified atom stereocenters. The van der Waals surface area contributed by atoms with Gasteiger partial charge in [-0.2, -0.15) is 8.78 Å². The van der Waals surface area contributed by atoms with Crippen LogP contribution < -0.4 is 5.32 Å². The third-order valence-electron chi connectivity index (χ3n) is 0.423. The Morgan fingerprint density at radius 1 is 1.56 bits per heavy atom. The van der Waals surface area contributed by atoms with Crippen molar-refractivity contribution in [2.75, 3.05) is 0 Å². The fraction of sp³-hybridized carbons (Fsp3) is 0.333. The van der Waals surface area contributed by atoms with E-state index in [-0.39, 0.29) is 0 Å². The molecular formula is C3H2F2NO2S. The number of nitrogens with one attached hydrogen (secondary N) is 1. The predicted molar refractivity (Wildman–Crippen MR) is 27.4 cm³/mol. The standard InChI is InChI=1S/C3H2F2NO2S/c4-1(5)2(7)6-3(8)9/h1H,(H,6,7,9). The van der Waals surface area contributed by atoms with E-state index in [1.807, 2.05) is 0 Å². The van der Waals surface area contributed by atoms with Gasteiger partial charge in [0.1, 0.15) is 0 Å². The van der Waals surface area contributed by atoms with Crippen LogP contribution in [0.15, 0.2) is 0 Å². The number of rotatable bonds is 1. The smallest absolute Gasteiger partial charge is 0.278 e. The Bertz CT molecular complexity index is 138. The number of carbonyl (C=O) groups is 1. The summed E-state index contributed by atoms with van der Waals surface area (Å²) in [4.78, 5) is 9.80. The topological polar surface area (TPSA) is 49.0 Å². The highest BCUT2D eigenvalue weighted by molar-refractivity contribution is 7.79. The molecule has 0 atom stereocenters. The van der Waals surface area contributed by atoms with Gasteiger partial charge in [0.25, 0.3) is 5.91 Å². The summed E-state index contributed by atoms with van der Waals surface area (Å²) >= 11 is 3.77. The van der Waals surface area contributed by atoms with Crippen molar-refractivity contribution in [3.63, 3.8) is 0 Å². The van der Waals surface area contributed by atoms with E-state index in [1.54, 1.807) is 0 Å². The Hall–Kier alpha value is -0.780. The molecule has 0 saturated heterocycles. The van der Waals surface area contributed by atoms with Crippen molar-refractivity contribution >= 4 is 23.3 Å². The van der Waals surface area contributed by atoms with Crippen LogP contribution in [0.1, 0.15) is 0 Å². The normalized spacial score (nSPS) is 9.22. The van der Waals surface area contributed by atoms with Gasteiger partial charge in [0.2, 0.25) is 0 Å². The van der Waals surface area contributed by atoms with Crippen LogP contribution in [0.3, 0.4) is 0 Å². The molecule has 0 aromatic carbocycles. The number of halogens is 2. The molecule has 0 saturated carbocycles. The summed E-state index contributed by atoms with van der Waals surface area (Å²) in [7, 11) is 0. The summed E-state index contributed by atoms with van der Waals surface area (Å²) in [6.45, 7) is 0. The van der Waals surface area contributed by atoms with Crippen LogP contribution >= 0.6 is 12.2 Å². The second-order valence-corrected chi connectivity index (χ2v) is 1.45. The summed E-state index contributed by atoms with van der Waals surface area (Å²) in [6, 6.07) is 0.